The summed E-state index contributed by atoms with van der Waals surface area (Å²) in [7, 11) is 1.43. The summed E-state index contributed by atoms with van der Waals surface area (Å²) >= 11 is 0.885. The van der Waals surface area contributed by atoms with Gasteiger partial charge in [-0.15, -0.1) is 0 Å². The number of benzene rings is 1. The number of amides is 2. The van der Waals surface area contributed by atoms with Gasteiger partial charge in [-0.2, -0.15) is 0 Å². The highest BCUT2D eigenvalue weighted by molar-refractivity contribution is 8.18. The van der Waals surface area contributed by atoms with E-state index < -0.39 is 12.1 Å². The highest BCUT2D eigenvalue weighted by Crippen LogP contribution is 2.31. The van der Waals surface area contributed by atoms with E-state index in [0.717, 1.165) is 22.2 Å². The molecule has 1 aliphatic rings. The SMILES string of the molecule is CC(Oc1ccc(C=C2SC(=O)N(C)C2=O)cc1)C(=O)O. The Balaban J connectivity index is 2.11. The summed E-state index contributed by atoms with van der Waals surface area (Å²) in [5, 5.41) is 8.45. The first-order valence-corrected chi connectivity index (χ1v) is 6.91. The molecule has 1 N–H and O–H groups in total. The molecule has 0 aliphatic carbocycles. The molecule has 1 aromatic carbocycles. The second-order valence-corrected chi connectivity index (χ2v) is 5.40. The second kappa shape index (κ2) is 6.01. The van der Waals surface area contributed by atoms with Crippen molar-refractivity contribution < 1.29 is 24.2 Å². The Hall–Kier alpha value is -2.28. The lowest BCUT2D eigenvalue weighted by Gasteiger charge is -2.10. The molecular formula is C14H13NO5S. The van der Waals surface area contributed by atoms with Crippen LogP contribution in [0.2, 0.25) is 0 Å². The zero-order valence-electron chi connectivity index (χ0n) is 11.4. The van der Waals surface area contributed by atoms with Gasteiger partial charge in [-0.3, -0.25) is 14.5 Å². The third kappa shape index (κ3) is 3.43. The number of carbonyl (C=O) groups excluding carboxylic acids is 2. The number of thioether (sulfide) groups is 1. The molecule has 6 nitrogen and oxygen atoms in total. The fourth-order valence-corrected chi connectivity index (χ4v) is 2.42. The van der Waals surface area contributed by atoms with E-state index in [4.69, 9.17) is 9.84 Å². The Kier molecular flexibility index (Phi) is 4.32. The Morgan fingerprint density at radius 1 is 1.33 bits per heavy atom. The van der Waals surface area contributed by atoms with Gasteiger partial charge in [0.15, 0.2) is 6.10 Å². The van der Waals surface area contributed by atoms with Crippen LogP contribution < -0.4 is 4.74 Å². The van der Waals surface area contributed by atoms with Crippen molar-refractivity contribution in [2.45, 2.75) is 13.0 Å². The van der Waals surface area contributed by atoms with Crippen LogP contribution in [0.3, 0.4) is 0 Å². The standard InChI is InChI=1S/C14H13NO5S/c1-8(13(17)18)20-10-5-3-9(4-6-10)7-11-12(16)15(2)14(19)21-11/h3-8H,1-2H3,(H,17,18). The molecule has 1 aromatic rings. The van der Waals surface area contributed by atoms with Crippen LogP contribution in [0.25, 0.3) is 6.08 Å². The molecule has 21 heavy (non-hydrogen) atoms. The third-order valence-electron chi connectivity index (χ3n) is 2.83. The average molecular weight is 307 g/mol. The predicted octanol–water partition coefficient (Wildman–Crippen LogP) is 2.20. The number of aliphatic carboxylic acids is 1. The second-order valence-electron chi connectivity index (χ2n) is 4.41. The maximum Gasteiger partial charge on any atom is 0.344 e. The summed E-state index contributed by atoms with van der Waals surface area (Å²) in [6, 6.07) is 6.60. The number of nitrogens with zero attached hydrogens (tertiary/aromatic N) is 1. The van der Waals surface area contributed by atoms with Gasteiger partial charge < -0.3 is 9.84 Å². The largest absolute Gasteiger partial charge is 0.479 e. The number of carboxylic acid groups (broad SMARTS) is 1. The lowest BCUT2D eigenvalue weighted by molar-refractivity contribution is -0.144. The quantitative estimate of drug-likeness (QED) is 0.859. The van der Waals surface area contributed by atoms with Crippen molar-refractivity contribution >= 4 is 35.0 Å². The fourth-order valence-electron chi connectivity index (χ4n) is 1.59. The molecule has 1 heterocycles. The van der Waals surface area contributed by atoms with E-state index in [1.807, 2.05) is 0 Å². The molecule has 1 saturated heterocycles. The van der Waals surface area contributed by atoms with Crippen molar-refractivity contribution in [1.82, 2.24) is 4.90 Å². The summed E-state index contributed by atoms with van der Waals surface area (Å²) in [5.74, 6) is -0.953. The Morgan fingerprint density at radius 3 is 2.43 bits per heavy atom. The Labute approximate surface area is 125 Å². The summed E-state index contributed by atoms with van der Waals surface area (Å²) < 4.78 is 5.20. The third-order valence-corrected chi connectivity index (χ3v) is 3.79. The number of likely N-dealkylation sites (N-methyl/N-ethyl adjacent to an activating group) is 1. The number of hydrogen-bond donors (Lipinski definition) is 1. The van der Waals surface area contributed by atoms with Gasteiger partial charge in [0.25, 0.3) is 11.1 Å². The first-order chi connectivity index (χ1) is 9.88. The maximum absolute atomic E-state index is 11.7. The number of carboxylic acids is 1. The van der Waals surface area contributed by atoms with Crippen LogP contribution in [-0.4, -0.2) is 40.3 Å². The number of rotatable bonds is 4. The van der Waals surface area contributed by atoms with E-state index in [0.29, 0.717) is 10.7 Å². The lowest BCUT2D eigenvalue weighted by atomic mass is 10.2. The minimum Gasteiger partial charge on any atom is -0.479 e. The van der Waals surface area contributed by atoms with Gasteiger partial charge in [-0.05, 0) is 42.5 Å². The zero-order valence-corrected chi connectivity index (χ0v) is 12.2. The van der Waals surface area contributed by atoms with Crippen molar-refractivity contribution in [2.75, 3.05) is 7.05 Å². The maximum atomic E-state index is 11.7. The molecule has 0 saturated carbocycles. The summed E-state index contributed by atoms with van der Waals surface area (Å²) in [6.45, 7) is 1.44. The van der Waals surface area contributed by atoms with Crippen LogP contribution in [0.5, 0.6) is 5.75 Å². The molecule has 7 heteroatoms. The number of carbonyl (C=O) groups is 3. The number of ether oxygens (including phenoxy) is 1. The van der Waals surface area contributed by atoms with Crippen molar-refractivity contribution in [1.29, 1.82) is 0 Å². The summed E-state index contributed by atoms with van der Waals surface area (Å²) in [5.41, 5.74) is 0.726. The van der Waals surface area contributed by atoms with E-state index in [9.17, 15) is 14.4 Å². The van der Waals surface area contributed by atoms with Gasteiger partial charge in [-0.25, -0.2) is 4.79 Å². The summed E-state index contributed by atoms with van der Waals surface area (Å²) in [4.78, 5) is 35.2. The van der Waals surface area contributed by atoms with E-state index in [1.54, 1.807) is 30.3 Å². The van der Waals surface area contributed by atoms with E-state index in [-0.39, 0.29) is 11.1 Å². The molecule has 1 fully saturated rings. The number of hydrogen-bond acceptors (Lipinski definition) is 5. The van der Waals surface area contributed by atoms with Gasteiger partial charge in [0, 0.05) is 7.05 Å². The minimum absolute atomic E-state index is 0.304. The molecular weight excluding hydrogens is 294 g/mol. The fraction of sp³-hybridized carbons (Fsp3) is 0.214. The minimum atomic E-state index is -1.05. The Morgan fingerprint density at radius 2 is 1.95 bits per heavy atom. The van der Waals surface area contributed by atoms with Crippen molar-refractivity contribution in [2.24, 2.45) is 0 Å². The smallest absolute Gasteiger partial charge is 0.344 e. The summed E-state index contributed by atoms with van der Waals surface area (Å²) in [6.07, 6.45) is 0.672. The van der Waals surface area contributed by atoms with Crippen LogP contribution in [0.4, 0.5) is 4.79 Å². The molecule has 1 unspecified atom stereocenters. The highest BCUT2D eigenvalue weighted by Gasteiger charge is 2.31. The van der Waals surface area contributed by atoms with Crippen LogP contribution in [0.15, 0.2) is 29.2 Å². The van der Waals surface area contributed by atoms with Crippen molar-refractivity contribution in [3.63, 3.8) is 0 Å². The molecule has 1 atom stereocenters. The molecule has 1 aliphatic heterocycles. The van der Waals surface area contributed by atoms with Gasteiger partial charge >= 0.3 is 5.97 Å². The number of imide groups is 1. The molecule has 110 valence electrons. The van der Waals surface area contributed by atoms with Crippen LogP contribution >= 0.6 is 11.8 Å². The molecule has 0 spiro atoms. The first-order valence-electron chi connectivity index (χ1n) is 6.09. The molecule has 0 aromatic heterocycles. The molecule has 0 bridgehead atoms. The molecule has 0 radical (unpaired) electrons. The van der Waals surface area contributed by atoms with Gasteiger partial charge in [0.1, 0.15) is 5.75 Å². The van der Waals surface area contributed by atoms with E-state index >= 15 is 0 Å². The monoisotopic (exact) mass is 307 g/mol. The van der Waals surface area contributed by atoms with Gasteiger partial charge in [-0.1, -0.05) is 12.1 Å². The zero-order chi connectivity index (χ0) is 15.6. The van der Waals surface area contributed by atoms with Crippen LogP contribution in [0, 0.1) is 0 Å². The van der Waals surface area contributed by atoms with Crippen LogP contribution in [0.1, 0.15) is 12.5 Å². The average Bonchev–Trinajstić information content (AvgIpc) is 2.68. The van der Waals surface area contributed by atoms with E-state index in [2.05, 4.69) is 0 Å². The van der Waals surface area contributed by atoms with Crippen LogP contribution in [-0.2, 0) is 9.59 Å². The van der Waals surface area contributed by atoms with Crippen molar-refractivity contribution in [3.05, 3.63) is 34.7 Å². The van der Waals surface area contributed by atoms with E-state index in [1.165, 1.54) is 14.0 Å². The topological polar surface area (TPSA) is 83.9 Å². The lowest BCUT2D eigenvalue weighted by Crippen LogP contribution is -2.22. The predicted molar refractivity (Wildman–Crippen MR) is 77.9 cm³/mol. The Bertz CT molecular complexity index is 623. The highest BCUT2D eigenvalue weighted by atomic mass is 32.2. The molecule has 2 amide bonds. The van der Waals surface area contributed by atoms with Crippen molar-refractivity contribution in [3.8, 4) is 5.75 Å². The normalized spacial score (nSPS) is 18.2. The van der Waals surface area contributed by atoms with Gasteiger partial charge in [0.2, 0.25) is 0 Å². The van der Waals surface area contributed by atoms with Gasteiger partial charge in [0.05, 0.1) is 4.91 Å². The first kappa shape index (κ1) is 15.1. The molecule has 2 rings (SSSR count).